The maximum absolute atomic E-state index is 11.0. The lowest BCUT2D eigenvalue weighted by Gasteiger charge is -2.32. The highest BCUT2D eigenvalue weighted by Crippen LogP contribution is 2.24. The monoisotopic (exact) mass is 293 g/mol. The summed E-state index contributed by atoms with van der Waals surface area (Å²) in [7, 11) is 0. The van der Waals surface area contributed by atoms with E-state index < -0.39 is 0 Å². The van der Waals surface area contributed by atoms with Crippen molar-refractivity contribution in [3.8, 4) is 0 Å². The normalized spacial score (nSPS) is 16.1. The van der Waals surface area contributed by atoms with Crippen LogP contribution in [0.4, 0.5) is 11.6 Å². The highest BCUT2D eigenvalue weighted by Gasteiger charge is 2.22. The van der Waals surface area contributed by atoms with Crippen molar-refractivity contribution in [1.82, 2.24) is 9.97 Å². The van der Waals surface area contributed by atoms with Crippen molar-refractivity contribution in [2.24, 2.45) is 11.7 Å². The first-order valence-corrected chi connectivity index (χ1v) is 7.33. The summed E-state index contributed by atoms with van der Waals surface area (Å²) in [5, 5.41) is 0. The smallest absolute Gasteiger partial charge is 0.217 e. The number of aromatic nitrogens is 2. The minimum Gasteiger partial charge on any atom is -0.384 e. The summed E-state index contributed by atoms with van der Waals surface area (Å²) < 4.78 is 5.33. The molecule has 0 aliphatic carbocycles. The number of anilines is 2. The van der Waals surface area contributed by atoms with Gasteiger partial charge in [0, 0.05) is 32.2 Å². The minimum absolute atomic E-state index is 0.223. The highest BCUT2D eigenvalue weighted by atomic mass is 16.5. The van der Waals surface area contributed by atoms with E-state index in [2.05, 4.69) is 14.9 Å². The lowest BCUT2D eigenvalue weighted by Crippen LogP contribution is -2.35. The molecule has 7 nitrogen and oxygen atoms in total. The number of nitrogen functional groups attached to an aromatic ring is 1. The first-order chi connectivity index (χ1) is 10.1. The van der Waals surface area contributed by atoms with E-state index in [1.54, 1.807) is 6.07 Å². The first kappa shape index (κ1) is 15.5. The second kappa shape index (κ2) is 7.21. The van der Waals surface area contributed by atoms with E-state index in [9.17, 15) is 4.79 Å². The van der Waals surface area contributed by atoms with E-state index in [1.165, 1.54) is 0 Å². The van der Waals surface area contributed by atoms with Crippen molar-refractivity contribution < 1.29 is 9.53 Å². The average molecular weight is 293 g/mol. The molecule has 0 radical (unpaired) electrons. The third kappa shape index (κ3) is 4.56. The fraction of sp³-hybridized carbons (Fsp3) is 0.643. The second-order valence-electron chi connectivity index (χ2n) is 5.31. The van der Waals surface area contributed by atoms with Crippen molar-refractivity contribution in [2.75, 3.05) is 30.3 Å². The number of amides is 1. The Kier molecular flexibility index (Phi) is 5.32. The van der Waals surface area contributed by atoms with Crippen LogP contribution < -0.4 is 16.4 Å². The maximum atomic E-state index is 11.0. The molecule has 0 aromatic carbocycles. The van der Waals surface area contributed by atoms with E-state index in [0.29, 0.717) is 37.2 Å². The van der Waals surface area contributed by atoms with E-state index in [-0.39, 0.29) is 5.91 Å². The molecule has 1 aromatic rings. The van der Waals surface area contributed by atoms with Gasteiger partial charge in [0.1, 0.15) is 18.2 Å². The number of primary amides is 1. The topological polar surface area (TPSA) is 107 Å². The predicted molar refractivity (Wildman–Crippen MR) is 80.5 cm³/mol. The lowest BCUT2D eigenvalue weighted by molar-refractivity contribution is -0.119. The molecule has 1 aliphatic rings. The summed E-state index contributed by atoms with van der Waals surface area (Å²) in [5.74, 6) is 2.04. The lowest BCUT2D eigenvalue weighted by atomic mass is 9.93. The van der Waals surface area contributed by atoms with Crippen LogP contribution in [0.5, 0.6) is 0 Å². The SMILES string of the molecule is CCOCc1nc(N)cc(N2CCC(CC(N)=O)CC2)n1. The molecule has 4 N–H and O–H groups in total. The molecule has 1 saturated heterocycles. The fourth-order valence-corrected chi connectivity index (χ4v) is 2.57. The van der Waals surface area contributed by atoms with Crippen LogP contribution in [-0.4, -0.2) is 35.6 Å². The van der Waals surface area contributed by atoms with Crippen LogP contribution in [0.1, 0.15) is 32.0 Å². The van der Waals surface area contributed by atoms with Gasteiger partial charge in [-0.25, -0.2) is 9.97 Å². The third-order valence-electron chi connectivity index (χ3n) is 3.64. The van der Waals surface area contributed by atoms with E-state index in [0.717, 1.165) is 31.7 Å². The number of rotatable bonds is 6. The number of hydrogen-bond donors (Lipinski definition) is 2. The average Bonchev–Trinajstić information content (AvgIpc) is 2.44. The molecule has 21 heavy (non-hydrogen) atoms. The van der Waals surface area contributed by atoms with Crippen molar-refractivity contribution in [1.29, 1.82) is 0 Å². The Morgan fingerprint density at radius 3 is 2.76 bits per heavy atom. The number of ether oxygens (including phenoxy) is 1. The molecule has 0 spiro atoms. The maximum Gasteiger partial charge on any atom is 0.217 e. The van der Waals surface area contributed by atoms with Gasteiger partial charge in [-0.15, -0.1) is 0 Å². The van der Waals surface area contributed by atoms with Gasteiger partial charge in [0.15, 0.2) is 5.82 Å². The summed E-state index contributed by atoms with van der Waals surface area (Å²) in [5.41, 5.74) is 11.1. The number of nitrogens with two attached hydrogens (primary N) is 2. The highest BCUT2D eigenvalue weighted by molar-refractivity contribution is 5.74. The zero-order valence-corrected chi connectivity index (χ0v) is 12.4. The Morgan fingerprint density at radius 1 is 1.43 bits per heavy atom. The van der Waals surface area contributed by atoms with Crippen molar-refractivity contribution in [3.05, 3.63) is 11.9 Å². The molecule has 2 rings (SSSR count). The van der Waals surface area contributed by atoms with Crippen LogP contribution in [0.3, 0.4) is 0 Å². The standard InChI is InChI=1S/C14H23N5O2/c1-2-21-9-13-17-11(15)8-14(18-13)19-5-3-10(4-6-19)7-12(16)20/h8,10H,2-7,9H2,1H3,(H2,16,20)(H2,15,17,18). The largest absolute Gasteiger partial charge is 0.384 e. The number of carbonyl (C=O) groups excluding carboxylic acids is 1. The fourth-order valence-electron chi connectivity index (χ4n) is 2.57. The number of carbonyl (C=O) groups is 1. The van der Waals surface area contributed by atoms with Crippen LogP contribution in [0.25, 0.3) is 0 Å². The zero-order valence-electron chi connectivity index (χ0n) is 12.4. The first-order valence-electron chi connectivity index (χ1n) is 7.33. The van der Waals surface area contributed by atoms with Crippen molar-refractivity contribution >= 4 is 17.5 Å². The number of hydrogen-bond acceptors (Lipinski definition) is 6. The summed E-state index contributed by atoms with van der Waals surface area (Å²) in [4.78, 5) is 21.8. The molecule has 0 bridgehead atoms. The van der Waals surface area contributed by atoms with Crippen LogP contribution >= 0.6 is 0 Å². The molecule has 0 atom stereocenters. The Labute approximate surface area is 124 Å². The zero-order chi connectivity index (χ0) is 15.2. The van der Waals surface area contributed by atoms with Crippen LogP contribution in [0.2, 0.25) is 0 Å². The Balaban J connectivity index is 1.99. The summed E-state index contributed by atoms with van der Waals surface area (Å²) in [6.07, 6.45) is 2.34. The second-order valence-corrected chi connectivity index (χ2v) is 5.31. The van der Waals surface area contributed by atoms with E-state index >= 15 is 0 Å². The predicted octanol–water partition coefficient (Wildman–Crippen LogP) is 0.687. The van der Waals surface area contributed by atoms with E-state index in [4.69, 9.17) is 16.2 Å². The van der Waals surface area contributed by atoms with Crippen molar-refractivity contribution in [3.63, 3.8) is 0 Å². The van der Waals surface area contributed by atoms with Gasteiger partial charge < -0.3 is 21.1 Å². The number of piperidine rings is 1. The molecular weight excluding hydrogens is 270 g/mol. The Morgan fingerprint density at radius 2 is 2.14 bits per heavy atom. The van der Waals surface area contributed by atoms with Gasteiger partial charge in [-0.2, -0.15) is 0 Å². The molecule has 0 saturated carbocycles. The van der Waals surface area contributed by atoms with Gasteiger partial charge in [-0.3, -0.25) is 4.79 Å². The third-order valence-corrected chi connectivity index (χ3v) is 3.64. The molecule has 1 aromatic heterocycles. The summed E-state index contributed by atoms with van der Waals surface area (Å²) >= 11 is 0. The molecule has 1 fully saturated rings. The van der Waals surface area contributed by atoms with Gasteiger partial charge in [0.2, 0.25) is 5.91 Å². The van der Waals surface area contributed by atoms with Crippen LogP contribution in [0, 0.1) is 5.92 Å². The Hall–Kier alpha value is -1.89. The summed E-state index contributed by atoms with van der Waals surface area (Å²) in [6, 6.07) is 1.78. The van der Waals surface area contributed by atoms with E-state index in [1.807, 2.05) is 6.92 Å². The minimum atomic E-state index is -0.223. The van der Waals surface area contributed by atoms with Gasteiger partial charge >= 0.3 is 0 Å². The molecular formula is C14H23N5O2. The summed E-state index contributed by atoms with van der Waals surface area (Å²) in [6.45, 7) is 4.61. The molecule has 1 amide bonds. The molecule has 2 heterocycles. The Bertz CT molecular complexity index is 486. The quantitative estimate of drug-likeness (QED) is 0.799. The number of nitrogens with zero attached hydrogens (tertiary/aromatic N) is 3. The molecule has 116 valence electrons. The molecule has 1 aliphatic heterocycles. The molecule has 7 heteroatoms. The van der Waals surface area contributed by atoms with Crippen LogP contribution in [0.15, 0.2) is 6.07 Å². The van der Waals surface area contributed by atoms with Gasteiger partial charge in [-0.1, -0.05) is 0 Å². The van der Waals surface area contributed by atoms with Crippen LogP contribution in [-0.2, 0) is 16.1 Å². The van der Waals surface area contributed by atoms with Crippen molar-refractivity contribution in [2.45, 2.75) is 32.8 Å². The van der Waals surface area contributed by atoms with Gasteiger partial charge in [-0.05, 0) is 25.7 Å². The molecule has 0 unspecified atom stereocenters. The van der Waals surface area contributed by atoms with Gasteiger partial charge in [0.05, 0.1) is 0 Å². The van der Waals surface area contributed by atoms with Gasteiger partial charge in [0.25, 0.3) is 0 Å².